The number of rotatable bonds is 7. The molecule has 0 rings (SSSR count). The van der Waals surface area contributed by atoms with Crippen LogP contribution in [0.5, 0.6) is 0 Å². The predicted octanol–water partition coefficient (Wildman–Crippen LogP) is -2.66. The monoisotopic (exact) mass is 221 g/mol. The molecule has 0 spiro atoms. The zero-order valence-electron chi connectivity index (χ0n) is 7.66. The van der Waals surface area contributed by atoms with Crippen molar-refractivity contribution in [3.8, 4) is 0 Å². The molecule has 0 aromatic rings. The third-order valence-corrected chi connectivity index (χ3v) is 1.36. The molecule has 0 aromatic heterocycles. The summed E-state index contributed by atoms with van der Waals surface area (Å²) in [6, 6.07) is 0. The summed E-state index contributed by atoms with van der Waals surface area (Å²) in [5.74, 6) is -5.42. The Balaban J connectivity index is 4.42. The van der Waals surface area contributed by atoms with Crippen LogP contribution in [-0.2, 0) is 14.4 Å². The van der Waals surface area contributed by atoms with Gasteiger partial charge in [0, 0.05) is 0 Å². The highest BCUT2D eigenvalue weighted by atomic mass is 16.5. The van der Waals surface area contributed by atoms with Crippen LogP contribution < -0.4 is 0 Å². The largest absolute Gasteiger partial charge is 0.480 e. The van der Waals surface area contributed by atoms with Crippen LogP contribution in [0.15, 0.2) is 0 Å². The Bertz CT molecular complexity index is 246. The van der Waals surface area contributed by atoms with E-state index in [0.717, 1.165) is 0 Å². The molecular weight excluding hydrogens is 210 g/mol. The summed E-state index contributed by atoms with van der Waals surface area (Å²) in [7, 11) is 0. The highest BCUT2D eigenvalue weighted by Gasteiger charge is 2.27. The van der Waals surface area contributed by atoms with Crippen molar-refractivity contribution >= 4 is 18.2 Å². The number of aliphatic hydroxyl groups is 2. The van der Waals surface area contributed by atoms with Gasteiger partial charge in [-0.1, -0.05) is 0 Å². The predicted molar refractivity (Wildman–Crippen MR) is 44.9 cm³/mol. The first kappa shape index (κ1) is 13.5. The molecule has 0 radical (unpaired) electrons. The summed E-state index contributed by atoms with van der Waals surface area (Å²) in [6.07, 6.45) is -0.205. The van der Waals surface area contributed by atoms with E-state index in [1.54, 1.807) is 0 Å². The van der Waals surface area contributed by atoms with Crippen molar-refractivity contribution in [2.75, 3.05) is 19.6 Å². The maximum absolute atomic E-state index is 10.3. The van der Waals surface area contributed by atoms with Crippen LogP contribution in [0.4, 0.5) is 0 Å². The number of aliphatic carboxylic acids is 2. The first-order valence-corrected chi connectivity index (χ1v) is 3.84. The first-order valence-electron chi connectivity index (χ1n) is 3.84. The summed E-state index contributed by atoms with van der Waals surface area (Å²) in [5, 5.41) is 34.5. The molecule has 15 heavy (non-hydrogen) atoms. The maximum Gasteiger partial charge on any atom is 0.317 e. The molecular formula is C7H11NO7. The van der Waals surface area contributed by atoms with E-state index in [-0.39, 0.29) is 6.29 Å². The van der Waals surface area contributed by atoms with Gasteiger partial charge in [-0.15, -0.1) is 0 Å². The second kappa shape index (κ2) is 5.39. The molecule has 86 valence electrons. The van der Waals surface area contributed by atoms with Gasteiger partial charge in [-0.2, -0.15) is 0 Å². The summed E-state index contributed by atoms with van der Waals surface area (Å²) < 4.78 is 0. The molecule has 8 heteroatoms. The standard InChI is InChI=1S/C7H11NO7/c9-4-7(14,15)3-8(1-5(10)11)2-6(12)13/h4,14-15H,1-3H2,(H,10,11)(H,12,13). The highest BCUT2D eigenvalue weighted by Crippen LogP contribution is 1.99. The van der Waals surface area contributed by atoms with E-state index in [2.05, 4.69) is 0 Å². The zero-order chi connectivity index (χ0) is 12.1. The average Bonchev–Trinajstić information content (AvgIpc) is 2.00. The van der Waals surface area contributed by atoms with Crippen molar-refractivity contribution in [2.24, 2.45) is 0 Å². The third-order valence-electron chi connectivity index (χ3n) is 1.36. The molecule has 0 unspecified atom stereocenters. The van der Waals surface area contributed by atoms with Crippen LogP contribution in [0.1, 0.15) is 0 Å². The minimum absolute atomic E-state index is 0.205. The van der Waals surface area contributed by atoms with Gasteiger partial charge in [0.25, 0.3) is 0 Å². The van der Waals surface area contributed by atoms with Crippen LogP contribution in [0.2, 0.25) is 0 Å². The van der Waals surface area contributed by atoms with Crippen LogP contribution in [0.25, 0.3) is 0 Å². The average molecular weight is 221 g/mol. The SMILES string of the molecule is O=CC(O)(O)CN(CC(=O)O)CC(=O)O. The molecule has 0 aromatic carbocycles. The van der Waals surface area contributed by atoms with Gasteiger partial charge >= 0.3 is 11.9 Å². The number of hydrogen-bond donors (Lipinski definition) is 4. The normalized spacial score (nSPS) is 11.4. The second-order valence-electron chi connectivity index (χ2n) is 2.93. The molecule has 0 saturated heterocycles. The topological polar surface area (TPSA) is 135 Å². The molecule has 8 nitrogen and oxygen atoms in total. The van der Waals surface area contributed by atoms with E-state index in [1.165, 1.54) is 0 Å². The molecule has 0 bridgehead atoms. The van der Waals surface area contributed by atoms with Gasteiger partial charge in [-0.05, 0) is 0 Å². The molecule has 0 saturated carbocycles. The lowest BCUT2D eigenvalue weighted by molar-refractivity contribution is -0.178. The van der Waals surface area contributed by atoms with Crippen molar-refractivity contribution in [3.05, 3.63) is 0 Å². The van der Waals surface area contributed by atoms with E-state index < -0.39 is 37.4 Å². The minimum Gasteiger partial charge on any atom is -0.480 e. The van der Waals surface area contributed by atoms with Gasteiger partial charge < -0.3 is 20.4 Å². The van der Waals surface area contributed by atoms with Gasteiger partial charge in [-0.3, -0.25) is 19.3 Å². The second-order valence-corrected chi connectivity index (χ2v) is 2.93. The quantitative estimate of drug-likeness (QED) is 0.270. The van der Waals surface area contributed by atoms with Crippen molar-refractivity contribution in [2.45, 2.75) is 5.79 Å². The number of carboxylic acid groups (broad SMARTS) is 2. The number of aldehydes is 1. The van der Waals surface area contributed by atoms with Crippen LogP contribution in [0, 0.1) is 0 Å². The summed E-state index contributed by atoms with van der Waals surface area (Å²) in [5.41, 5.74) is 0. The number of hydrogen-bond acceptors (Lipinski definition) is 6. The number of carbonyl (C=O) groups is 3. The summed E-state index contributed by atoms with van der Waals surface area (Å²) in [6.45, 7) is -2.19. The van der Waals surface area contributed by atoms with Crippen molar-refractivity contribution in [3.63, 3.8) is 0 Å². The lowest BCUT2D eigenvalue weighted by Crippen LogP contribution is -2.47. The van der Waals surface area contributed by atoms with E-state index in [1.807, 2.05) is 0 Å². The molecule has 4 N–H and O–H groups in total. The number of carboxylic acids is 2. The van der Waals surface area contributed by atoms with E-state index in [4.69, 9.17) is 20.4 Å². The van der Waals surface area contributed by atoms with Crippen LogP contribution in [0.3, 0.4) is 0 Å². The summed E-state index contributed by atoms with van der Waals surface area (Å²) >= 11 is 0. The highest BCUT2D eigenvalue weighted by molar-refractivity contribution is 5.72. The molecule has 0 aliphatic heterocycles. The van der Waals surface area contributed by atoms with Gasteiger partial charge in [0.2, 0.25) is 5.79 Å². The van der Waals surface area contributed by atoms with Crippen molar-refractivity contribution in [1.82, 2.24) is 4.90 Å². The van der Waals surface area contributed by atoms with Gasteiger partial charge in [0.1, 0.15) is 0 Å². The Hall–Kier alpha value is -1.51. The third kappa shape index (κ3) is 6.55. The van der Waals surface area contributed by atoms with Gasteiger partial charge in [0.15, 0.2) is 6.29 Å². The molecule has 0 aliphatic carbocycles. The minimum atomic E-state index is -2.75. The Kier molecular flexibility index (Phi) is 4.85. The Morgan fingerprint density at radius 1 is 1.13 bits per heavy atom. The molecule has 0 atom stereocenters. The fourth-order valence-electron chi connectivity index (χ4n) is 0.917. The molecule has 0 aliphatic rings. The van der Waals surface area contributed by atoms with Gasteiger partial charge in [0.05, 0.1) is 19.6 Å². The Morgan fingerprint density at radius 2 is 1.53 bits per heavy atom. The lowest BCUT2D eigenvalue weighted by Gasteiger charge is -2.23. The first-order chi connectivity index (χ1) is 6.76. The van der Waals surface area contributed by atoms with Crippen LogP contribution in [-0.4, -0.2) is 69.0 Å². The van der Waals surface area contributed by atoms with Crippen molar-refractivity contribution in [1.29, 1.82) is 0 Å². The summed E-state index contributed by atoms with van der Waals surface area (Å²) in [4.78, 5) is 31.4. The number of nitrogens with zero attached hydrogens (tertiary/aromatic N) is 1. The maximum atomic E-state index is 10.3. The fourth-order valence-corrected chi connectivity index (χ4v) is 0.917. The molecule has 0 amide bonds. The van der Waals surface area contributed by atoms with Gasteiger partial charge in [-0.25, -0.2) is 0 Å². The number of carbonyl (C=O) groups excluding carboxylic acids is 1. The fraction of sp³-hybridized carbons (Fsp3) is 0.571. The molecule has 0 fully saturated rings. The Labute approximate surface area is 84.4 Å². The zero-order valence-corrected chi connectivity index (χ0v) is 7.66. The Morgan fingerprint density at radius 3 is 1.80 bits per heavy atom. The van der Waals surface area contributed by atoms with E-state index >= 15 is 0 Å². The smallest absolute Gasteiger partial charge is 0.317 e. The molecule has 0 heterocycles. The lowest BCUT2D eigenvalue weighted by atomic mass is 10.3. The van der Waals surface area contributed by atoms with Crippen molar-refractivity contribution < 1.29 is 34.8 Å². The van der Waals surface area contributed by atoms with Crippen LogP contribution >= 0.6 is 0 Å². The van der Waals surface area contributed by atoms with E-state index in [9.17, 15) is 14.4 Å². The van der Waals surface area contributed by atoms with E-state index in [0.29, 0.717) is 4.90 Å².